The summed E-state index contributed by atoms with van der Waals surface area (Å²) in [6.45, 7) is 1.58. The van der Waals surface area contributed by atoms with Crippen molar-refractivity contribution in [2.45, 2.75) is 6.92 Å². The van der Waals surface area contributed by atoms with Crippen molar-refractivity contribution < 1.29 is 19.1 Å². The Kier molecular flexibility index (Phi) is 8.06. The quantitative estimate of drug-likeness (QED) is 0.161. The summed E-state index contributed by atoms with van der Waals surface area (Å²) >= 11 is 17.9. The number of hydrogen-bond donors (Lipinski definition) is 2. The number of esters is 1. The van der Waals surface area contributed by atoms with Gasteiger partial charge in [0.15, 0.2) is 0 Å². The fourth-order valence-electron chi connectivity index (χ4n) is 2.65. The van der Waals surface area contributed by atoms with E-state index in [4.69, 9.17) is 39.5 Å². The topological polar surface area (TPSA) is 96.9 Å². The third kappa shape index (κ3) is 6.32. The van der Waals surface area contributed by atoms with Crippen molar-refractivity contribution in [1.29, 1.82) is 0 Å². The molecule has 0 spiro atoms. The third-order valence-corrected chi connectivity index (χ3v) is 5.18. The van der Waals surface area contributed by atoms with Crippen LogP contribution in [0.2, 0.25) is 15.1 Å². The van der Waals surface area contributed by atoms with Crippen molar-refractivity contribution >= 4 is 64.0 Å². The monoisotopic (exact) mass is 503 g/mol. The molecule has 0 aromatic heterocycles. The molecule has 0 saturated heterocycles. The van der Waals surface area contributed by atoms with E-state index in [2.05, 4.69) is 15.8 Å². The molecule has 33 heavy (non-hydrogen) atoms. The SMILES string of the molecule is C/C(=N\NC(=O)C(=O)Nc1cc(Cl)ccc1Cl)c1ccccc1OC(=O)c1ccccc1Cl. The van der Waals surface area contributed by atoms with Gasteiger partial charge in [0.1, 0.15) is 5.75 Å². The lowest BCUT2D eigenvalue weighted by molar-refractivity contribution is -0.136. The highest BCUT2D eigenvalue weighted by molar-refractivity contribution is 6.42. The summed E-state index contributed by atoms with van der Waals surface area (Å²) in [6.07, 6.45) is 0. The molecule has 2 N–H and O–H groups in total. The second kappa shape index (κ2) is 11.0. The molecule has 0 aliphatic rings. The highest BCUT2D eigenvalue weighted by Crippen LogP contribution is 2.25. The number of rotatable bonds is 5. The first kappa shape index (κ1) is 24.3. The Morgan fingerprint density at radius 2 is 1.48 bits per heavy atom. The summed E-state index contributed by atoms with van der Waals surface area (Å²) in [5, 5.41) is 7.10. The van der Waals surface area contributed by atoms with Crippen molar-refractivity contribution in [3.05, 3.63) is 92.9 Å². The number of carbonyl (C=O) groups is 3. The van der Waals surface area contributed by atoms with Crippen molar-refractivity contribution in [1.82, 2.24) is 5.43 Å². The van der Waals surface area contributed by atoms with Crippen LogP contribution in [0.25, 0.3) is 0 Å². The fourth-order valence-corrected chi connectivity index (χ4v) is 3.20. The highest BCUT2D eigenvalue weighted by Gasteiger charge is 2.17. The number of nitrogens with one attached hydrogen (secondary N) is 2. The highest BCUT2D eigenvalue weighted by atomic mass is 35.5. The Balaban J connectivity index is 1.71. The standard InChI is InChI=1S/C23H16Cl3N3O4/c1-13(28-29-22(31)21(30)27-19-12-14(24)10-11-18(19)26)15-6-3-5-9-20(15)33-23(32)16-7-2-4-8-17(16)25/h2-12H,1H3,(H,27,30)(H,29,31)/b28-13+. The molecule has 0 saturated carbocycles. The molecule has 3 rings (SSSR count). The van der Waals surface area contributed by atoms with Gasteiger partial charge in [0.2, 0.25) is 0 Å². The maximum absolute atomic E-state index is 12.5. The van der Waals surface area contributed by atoms with Crippen LogP contribution in [0.5, 0.6) is 5.75 Å². The van der Waals surface area contributed by atoms with Gasteiger partial charge in [0.05, 0.1) is 27.0 Å². The minimum absolute atomic E-state index is 0.182. The molecule has 0 aliphatic heterocycles. The van der Waals surface area contributed by atoms with Gasteiger partial charge in [-0.1, -0.05) is 59.1 Å². The molecule has 3 aromatic rings. The molecule has 0 heterocycles. The van der Waals surface area contributed by atoms with Crippen LogP contribution < -0.4 is 15.5 Å². The third-order valence-electron chi connectivity index (χ3n) is 4.28. The van der Waals surface area contributed by atoms with Crippen LogP contribution in [0, 0.1) is 0 Å². The molecule has 10 heteroatoms. The summed E-state index contributed by atoms with van der Waals surface area (Å²) in [6, 6.07) is 17.5. The summed E-state index contributed by atoms with van der Waals surface area (Å²) < 4.78 is 5.47. The van der Waals surface area contributed by atoms with E-state index in [0.717, 1.165) is 0 Å². The minimum Gasteiger partial charge on any atom is -0.422 e. The average molecular weight is 505 g/mol. The smallest absolute Gasteiger partial charge is 0.345 e. The molecule has 0 bridgehead atoms. The number of benzene rings is 3. The lowest BCUT2D eigenvalue weighted by Gasteiger charge is -2.11. The van der Waals surface area contributed by atoms with Crippen LogP contribution in [0.3, 0.4) is 0 Å². The normalized spacial score (nSPS) is 11.0. The number of hydrazone groups is 1. The molecule has 0 fully saturated rings. The molecular formula is C23H16Cl3N3O4. The number of amides is 2. The van der Waals surface area contributed by atoms with Crippen LogP contribution in [-0.4, -0.2) is 23.5 Å². The lowest BCUT2D eigenvalue weighted by Crippen LogP contribution is -2.33. The zero-order valence-corrected chi connectivity index (χ0v) is 19.3. The van der Waals surface area contributed by atoms with Gasteiger partial charge in [0, 0.05) is 10.6 Å². The average Bonchev–Trinajstić information content (AvgIpc) is 2.80. The molecule has 2 amide bonds. The van der Waals surface area contributed by atoms with E-state index in [1.165, 1.54) is 12.1 Å². The summed E-state index contributed by atoms with van der Waals surface area (Å²) in [5.74, 6) is -2.47. The number of hydrogen-bond acceptors (Lipinski definition) is 5. The summed E-state index contributed by atoms with van der Waals surface area (Å²) in [4.78, 5) is 36.8. The van der Waals surface area contributed by atoms with Gasteiger partial charge < -0.3 is 10.1 Å². The van der Waals surface area contributed by atoms with Gasteiger partial charge in [-0.2, -0.15) is 5.10 Å². The zero-order valence-electron chi connectivity index (χ0n) is 17.1. The first-order valence-corrected chi connectivity index (χ1v) is 10.6. The van der Waals surface area contributed by atoms with Gasteiger partial charge >= 0.3 is 17.8 Å². The lowest BCUT2D eigenvalue weighted by atomic mass is 10.1. The van der Waals surface area contributed by atoms with Gasteiger partial charge in [-0.05, 0) is 49.4 Å². The van der Waals surface area contributed by atoms with E-state index in [-0.39, 0.29) is 27.0 Å². The number of halogens is 3. The first-order chi connectivity index (χ1) is 15.8. The Labute approximate surface area is 204 Å². The summed E-state index contributed by atoms with van der Waals surface area (Å²) in [5.41, 5.74) is 3.26. The van der Waals surface area contributed by atoms with E-state index in [9.17, 15) is 14.4 Å². The maximum Gasteiger partial charge on any atom is 0.345 e. The van der Waals surface area contributed by atoms with E-state index >= 15 is 0 Å². The van der Waals surface area contributed by atoms with Crippen LogP contribution in [0.15, 0.2) is 71.8 Å². The second-order valence-electron chi connectivity index (χ2n) is 6.58. The van der Waals surface area contributed by atoms with Crippen molar-refractivity contribution in [3.8, 4) is 5.75 Å². The number of ether oxygens (including phenoxy) is 1. The van der Waals surface area contributed by atoms with Crippen LogP contribution in [0.1, 0.15) is 22.8 Å². The Bertz CT molecular complexity index is 1260. The summed E-state index contributed by atoms with van der Waals surface area (Å²) in [7, 11) is 0. The van der Waals surface area contributed by atoms with Gasteiger partial charge in [-0.15, -0.1) is 0 Å². The predicted octanol–water partition coefficient (Wildman–Crippen LogP) is 5.34. The molecular weight excluding hydrogens is 489 g/mol. The molecule has 0 aliphatic carbocycles. The number of carbonyl (C=O) groups excluding carboxylic acids is 3. The van der Waals surface area contributed by atoms with Crippen molar-refractivity contribution in [3.63, 3.8) is 0 Å². The number of anilines is 1. The predicted molar refractivity (Wildman–Crippen MR) is 128 cm³/mol. The van der Waals surface area contributed by atoms with Crippen molar-refractivity contribution in [2.24, 2.45) is 5.10 Å². The molecule has 7 nitrogen and oxygen atoms in total. The van der Waals surface area contributed by atoms with Gasteiger partial charge in [-0.3, -0.25) is 9.59 Å². The van der Waals surface area contributed by atoms with Gasteiger partial charge in [-0.25, -0.2) is 10.2 Å². The largest absolute Gasteiger partial charge is 0.422 e. The van der Waals surface area contributed by atoms with E-state index in [1.807, 2.05) is 0 Å². The van der Waals surface area contributed by atoms with Crippen LogP contribution in [0.4, 0.5) is 5.69 Å². The molecule has 0 unspecified atom stereocenters. The molecule has 0 radical (unpaired) electrons. The number of para-hydroxylation sites is 1. The molecule has 0 atom stereocenters. The first-order valence-electron chi connectivity index (χ1n) is 9.43. The Hall–Kier alpha value is -3.39. The van der Waals surface area contributed by atoms with Crippen LogP contribution in [-0.2, 0) is 9.59 Å². The van der Waals surface area contributed by atoms with E-state index in [1.54, 1.807) is 61.5 Å². The van der Waals surface area contributed by atoms with E-state index in [0.29, 0.717) is 16.3 Å². The Morgan fingerprint density at radius 1 is 0.818 bits per heavy atom. The maximum atomic E-state index is 12.5. The Morgan fingerprint density at radius 3 is 2.21 bits per heavy atom. The van der Waals surface area contributed by atoms with Gasteiger partial charge in [0.25, 0.3) is 0 Å². The minimum atomic E-state index is -1.03. The second-order valence-corrected chi connectivity index (χ2v) is 7.83. The molecule has 3 aromatic carbocycles. The zero-order chi connectivity index (χ0) is 24.0. The molecule has 168 valence electrons. The van der Waals surface area contributed by atoms with Crippen LogP contribution >= 0.6 is 34.8 Å². The van der Waals surface area contributed by atoms with E-state index < -0.39 is 17.8 Å². The number of nitrogens with zero attached hydrogens (tertiary/aromatic N) is 1. The van der Waals surface area contributed by atoms with Crippen molar-refractivity contribution in [2.75, 3.05) is 5.32 Å². The fraction of sp³-hybridized carbons (Fsp3) is 0.0435.